The van der Waals surface area contributed by atoms with Crippen molar-refractivity contribution < 1.29 is 9.72 Å². The average Bonchev–Trinajstić information content (AvgIpc) is 3.16. The highest BCUT2D eigenvalue weighted by molar-refractivity contribution is 6.05. The largest absolute Gasteiger partial charge is 0.328 e. The van der Waals surface area contributed by atoms with E-state index >= 15 is 0 Å². The summed E-state index contributed by atoms with van der Waals surface area (Å²) in [6.45, 7) is 3.99. The van der Waals surface area contributed by atoms with Crippen LogP contribution in [0, 0.1) is 10.1 Å². The maximum absolute atomic E-state index is 13.3. The molecule has 8 nitrogen and oxygen atoms in total. The number of amides is 1. The minimum absolute atomic E-state index is 0. The number of aryl methyl sites for hydroxylation is 1. The molecule has 1 amide bonds. The number of piperazine rings is 1. The SMILES string of the molecule is CCc1ccc(C2CNCCN2C(=O)c2n[nH]c3ccc([N+](=O)[O-])cc23)cc1.Cl. The van der Waals surface area contributed by atoms with Crippen LogP contribution in [0.3, 0.4) is 0 Å². The smallest absolute Gasteiger partial charge is 0.275 e. The average molecular weight is 416 g/mol. The van der Waals surface area contributed by atoms with E-state index in [0.717, 1.165) is 12.0 Å². The molecule has 1 fully saturated rings. The van der Waals surface area contributed by atoms with E-state index in [4.69, 9.17) is 0 Å². The van der Waals surface area contributed by atoms with Crippen molar-refractivity contribution in [3.8, 4) is 0 Å². The molecule has 0 saturated carbocycles. The van der Waals surface area contributed by atoms with Gasteiger partial charge in [-0.3, -0.25) is 20.0 Å². The summed E-state index contributed by atoms with van der Waals surface area (Å²) in [4.78, 5) is 25.7. The number of aromatic nitrogens is 2. The van der Waals surface area contributed by atoms with Gasteiger partial charge in [0.15, 0.2) is 5.69 Å². The molecular weight excluding hydrogens is 394 g/mol. The molecule has 0 aliphatic carbocycles. The summed E-state index contributed by atoms with van der Waals surface area (Å²) in [6.07, 6.45) is 0.962. The molecule has 2 N–H and O–H groups in total. The second-order valence-electron chi connectivity index (χ2n) is 6.87. The number of nitro groups is 1. The summed E-state index contributed by atoms with van der Waals surface area (Å²) >= 11 is 0. The van der Waals surface area contributed by atoms with Gasteiger partial charge in [-0.05, 0) is 23.6 Å². The number of non-ortho nitro benzene ring substituents is 1. The number of nitrogens with one attached hydrogen (secondary N) is 2. The molecule has 3 aromatic rings. The van der Waals surface area contributed by atoms with E-state index in [0.29, 0.717) is 30.5 Å². The van der Waals surface area contributed by atoms with Crippen LogP contribution >= 0.6 is 12.4 Å². The van der Waals surface area contributed by atoms with E-state index in [1.807, 2.05) is 0 Å². The third-order valence-electron chi connectivity index (χ3n) is 5.24. The molecule has 2 heterocycles. The van der Waals surface area contributed by atoms with Gasteiger partial charge < -0.3 is 10.2 Å². The molecule has 1 unspecified atom stereocenters. The monoisotopic (exact) mass is 415 g/mol. The van der Waals surface area contributed by atoms with Gasteiger partial charge >= 0.3 is 0 Å². The van der Waals surface area contributed by atoms with Gasteiger partial charge in [0, 0.05) is 37.2 Å². The quantitative estimate of drug-likeness (QED) is 0.502. The number of rotatable bonds is 4. The zero-order valence-electron chi connectivity index (χ0n) is 15.9. The Morgan fingerprint density at radius 3 is 2.72 bits per heavy atom. The van der Waals surface area contributed by atoms with Crippen LogP contribution in [0.4, 0.5) is 5.69 Å². The van der Waals surface area contributed by atoms with Gasteiger partial charge in [0.2, 0.25) is 0 Å². The number of carbonyl (C=O) groups excluding carboxylic acids is 1. The lowest BCUT2D eigenvalue weighted by atomic mass is 10.00. The molecule has 29 heavy (non-hydrogen) atoms. The fourth-order valence-electron chi connectivity index (χ4n) is 3.64. The molecule has 1 saturated heterocycles. The van der Waals surface area contributed by atoms with E-state index in [1.165, 1.54) is 17.7 Å². The second-order valence-corrected chi connectivity index (χ2v) is 6.87. The number of nitro benzene ring substituents is 1. The lowest BCUT2D eigenvalue weighted by molar-refractivity contribution is -0.384. The van der Waals surface area contributed by atoms with Crippen molar-refractivity contribution in [1.29, 1.82) is 0 Å². The van der Waals surface area contributed by atoms with Crippen molar-refractivity contribution in [3.05, 3.63) is 69.4 Å². The summed E-state index contributed by atoms with van der Waals surface area (Å²) in [6, 6.07) is 12.6. The minimum atomic E-state index is -0.469. The van der Waals surface area contributed by atoms with Crippen molar-refractivity contribution in [2.24, 2.45) is 0 Å². The number of hydrogen-bond acceptors (Lipinski definition) is 5. The third-order valence-corrected chi connectivity index (χ3v) is 5.24. The van der Waals surface area contributed by atoms with Crippen molar-refractivity contribution in [3.63, 3.8) is 0 Å². The fourth-order valence-corrected chi connectivity index (χ4v) is 3.64. The molecule has 9 heteroatoms. The number of H-pyrrole nitrogens is 1. The van der Waals surface area contributed by atoms with E-state index < -0.39 is 4.92 Å². The predicted octanol–water partition coefficient (Wildman–Crippen LogP) is 3.24. The maximum atomic E-state index is 13.3. The zero-order chi connectivity index (χ0) is 19.7. The highest BCUT2D eigenvalue weighted by Gasteiger charge is 2.31. The highest BCUT2D eigenvalue weighted by Crippen LogP contribution is 2.28. The Morgan fingerprint density at radius 1 is 1.28 bits per heavy atom. The molecule has 1 aromatic heterocycles. The number of benzene rings is 2. The van der Waals surface area contributed by atoms with E-state index in [-0.39, 0.29) is 35.7 Å². The first kappa shape index (κ1) is 20.8. The third kappa shape index (κ3) is 3.94. The summed E-state index contributed by atoms with van der Waals surface area (Å²) in [5.74, 6) is -0.224. The lowest BCUT2D eigenvalue weighted by Crippen LogP contribution is -2.48. The van der Waals surface area contributed by atoms with Crippen LogP contribution in [-0.4, -0.2) is 45.6 Å². The van der Waals surface area contributed by atoms with Gasteiger partial charge in [0.1, 0.15) is 0 Å². The van der Waals surface area contributed by atoms with Crippen LogP contribution in [0.5, 0.6) is 0 Å². The standard InChI is InChI=1S/C20H21N5O3.ClH/c1-2-13-3-5-14(6-4-13)18-12-21-9-10-24(18)20(26)19-16-11-15(25(27)28)7-8-17(16)22-23-19;/h3-8,11,18,21H,2,9-10,12H2,1H3,(H,22,23);1H. The number of hydrogen-bond donors (Lipinski definition) is 2. The van der Waals surface area contributed by atoms with Gasteiger partial charge in [-0.25, -0.2) is 0 Å². The van der Waals surface area contributed by atoms with Crippen LogP contribution in [0.25, 0.3) is 10.9 Å². The van der Waals surface area contributed by atoms with Crippen molar-refractivity contribution in [2.45, 2.75) is 19.4 Å². The molecule has 4 rings (SSSR count). The Hall–Kier alpha value is -2.97. The highest BCUT2D eigenvalue weighted by atomic mass is 35.5. The molecule has 152 valence electrons. The Morgan fingerprint density at radius 2 is 2.03 bits per heavy atom. The Balaban J connectivity index is 0.00000240. The van der Waals surface area contributed by atoms with E-state index in [1.54, 1.807) is 11.0 Å². The molecule has 0 bridgehead atoms. The van der Waals surface area contributed by atoms with Crippen LogP contribution in [0.15, 0.2) is 42.5 Å². The van der Waals surface area contributed by atoms with Crippen molar-refractivity contribution >= 4 is 34.9 Å². The molecule has 2 aromatic carbocycles. The van der Waals surface area contributed by atoms with Gasteiger partial charge in [-0.1, -0.05) is 31.2 Å². The van der Waals surface area contributed by atoms with E-state index in [9.17, 15) is 14.9 Å². The maximum Gasteiger partial charge on any atom is 0.275 e. The van der Waals surface area contributed by atoms with Crippen LogP contribution in [-0.2, 0) is 6.42 Å². The zero-order valence-corrected chi connectivity index (χ0v) is 16.7. The number of aromatic amines is 1. The summed E-state index contributed by atoms with van der Waals surface area (Å²) in [7, 11) is 0. The molecule has 1 atom stereocenters. The molecule has 0 radical (unpaired) electrons. The number of nitrogens with zero attached hydrogens (tertiary/aromatic N) is 3. The topological polar surface area (TPSA) is 104 Å². The first-order chi connectivity index (χ1) is 13.6. The normalized spacial score (nSPS) is 16.4. The van der Waals surface area contributed by atoms with Crippen LogP contribution < -0.4 is 5.32 Å². The fraction of sp³-hybridized carbons (Fsp3) is 0.300. The molecule has 1 aliphatic rings. The van der Waals surface area contributed by atoms with Crippen molar-refractivity contribution in [2.75, 3.05) is 19.6 Å². The van der Waals surface area contributed by atoms with Gasteiger partial charge in [0.05, 0.1) is 16.5 Å². The van der Waals surface area contributed by atoms with Gasteiger partial charge in [-0.15, -0.1) is 12.4 Å². The minimum Gasteiger partial charge on any atom is -0.328 e. The van der Waals surface area contributed by atoms with Gasteiger partial charge in [-0.2, -0.15) is 5.10 Å². The lowest BCUT2D eigenvalue weighted by Gasteiger charge is -2.36. The van der Waals surface area contributed by atoms with Crippen molar-refractivity contribution in [1.82, 2.24) is 20.4 Å². The molecular formula is C20H22ClN5O3. The first-order valence-electron chi connectivity index (χ1n) is 9.31. The van der Waals surface area contributed by atoms with Crippen LogP contribution in [0.1, 0.15) is 34.6 Å². The second kappa shape index (κ2) is 8.59. The van der Waals surface area contributed by atoms with Crippen LogP contribution in [0.2, 0.25) is 0 Å². The number of halogens is 1. The number of fused-ring (bicyclic) bond motifs is 1. The Bertz CT molecular complexity index is 1030. The van der Waals surface area contributed by atoms with E-state index in [2.05, 4.69) is 46.7 Å². The first-order valence-corrected chi connectivity index (χ1v) is 9.31. The molecule has 1 aliphatic heterocycles. The predicted molar refractivity (Wildman–Crippen MR) is 112 cm³/mol. The Labute approximate surface area is 173 Å². The number of carbonyl (C=O) groups is 1. The molecule has 0 spiro atoms. The summed E-state index contributed by atoms with van der Waals surface area (Å²) < 4.78 is 0. The summed E-state index contributed by atoms with van der Waals surface area (Å²) in [5, 5.41) is 21.9. The Kier molecular flexibility index (Phi) is 6.14. The van der Waals surface area contributed by atoms with Gasteiger partial charge in [0.25, 0.3) is 11.6 Å². The summed E-state index contributed by atoms with van der Waals surface area (Å²) in [5.41, 5.74) is 3.07.